The van der Waals surface area contributed by atoms with Crippen molar-refractivity contribution in [2.45, 2.75) is 0 Å². The van der Waals surface area contributed by atoms with Gasteiger partial charge in [-0.2, -0.15) is 0 Å². The molecule has 0 amide bonds. The van der Waals surface area contributed by atoms with Crippen molar-refractivity contribution >= 4 is 18.5 Å². The molecule has 120 valence electrons. The molecule has 0 fully saturated rings. The Labute approximate surface area is 160 Å². The van der Waals surface area contributed by atoms with Crippen molar-refractivity contribution in [2.24, 2.45) is 0 Å². The maximum absolute atomic E-state index is 8.33. The summed E-state index contributed by atoms with van der Waals surface area (Å²) in [6.45, 7) is 0. The average molecular weight is 466 g/mol. The molecule has 0 aliphatic rings. The van der Waals surface area contributed by atoms with Crippen LogP contribution in [0.5, 0.6) is 0 Å². The van der Waals surface area contributed by atoms with Crippen LogP contribution in [0.4, 0.5) is 14.4 Å². The molecule has 17 heteroatoms. The van der Waals surface area contributed by atoms with Gasteiger partial charge in [0.1, 0.15) is 0 Å². The van der Waals surface area contributed by atoms with E-state index in [1.807, 2.05) is 0 Å². The van der Waals surface area contributed by atoms with Gasteiger partial charge < -0.3 is 77.9 Å². The van der Waals surface area contributed by atoms with Crippen molar-refractivity contribution in [3.63, 3.8) is 0 Å². The number of carbonyl (C=O) groups is 3. The van der Waals surface area contributed by atoms with E-state index in [2.05, 4.69) is 0 Å². The zero-order valence-electron chi connectivity index (χ0n) is 9.33. The van der Waals surface area contributed by atoms with E-state index in [0.29, 0.717) is 0 Å². The molecule has 0 heterocycles. The third-order valence-corrected chi connectivity index (χ3v) is 0. The Hall–Kier alpha value is -0.222. The van der Waals surface area contributed by atoms with Gasteiger partial charge in [-0.3, -0.25) is 0 Å². The van der Waals surface area contributed by atoms with Gasteiger partial charge >= 0.3 is 65.4 Å². The molecule has 0 aromatic rings. The van der Waals surface area contributed by atoms with E-state index < -0.39 is 18.5 Å². The van der Waals surface area contributed by atoms with Crippen LogP contribution in [0.15, 0.2) is 0 Å². The molecule has 0 unspecified atom stereocenters. The van der Waals surface area contributed by atoms with Gasteiger partial charge in [-0.1, -0.05) is 0 Å². The molecule has 15 nitrogen and oxygen atoms in total. The summed E-state index contributed by atoms with van der Waals surface area (Å²) in [5, 5.41) is 50.0. The first kappa shape index (κ1) is 90.5. The Morgan fingerprint density at radius 3 is 0.400 bits per heavy atom. The van der Waals surface area contributed by atoms with Gasteiger partial charge in [-0.25, -0.2) is 0 Å². The molecule has 20 heavy (non-hydrogen) atoms. The minimum atomic E-state index is -2.33. The van der Waals surface area contributed by atoms with E-state index in [0.717, 1.165) is 0 Å². The first-order valence-corrected chi connectivity index (χ1v) is 1.84. The van der Waals surface area contributed by atoms with E-state index in [4.69, 9.17) is 45.0 Å². The summed E-state index contributed by atoms with van der Waals surface area (Å²) in [6, 6.07) is 0. The van der Waals surface area contributed by atoms with Crippen LogP contribution in [0.3, 0.4) is 0 Å². The SMILES string of the molecule is O.O.O.O.O.O.O=C([O-])[O-].O=C([O-])[O-].O=C([O-])[O-].[Y+3].[Y+3]. The Morgan fingerprint density at radius 1 is 0.400 bits per heavy atom. The first-order valence-electron chi connectivity index (χ1n) is 1.84. The predicted octanol–water partition coefficient (Wildman–Crippen LogP) is -12.3. The number of carbonyl (C=O) groups excluding carboxylic acids is 3. The fraction of sp³-hybridized carbons (Fsp3) is 0. The summed E-state index contributed by atoms with van der Waals surface area (Å²) >= 11 is 0. The van der Waals surface area contributed by atoms with Crippen LogP contribution in [-0.4, -0.2) is 51.3 Å². The van der Waals surface area contributed by atoms with Crippen LogP contribution in [0.25, 0.3) is 0 Å². The van der Waals surface area contributed by atoms with Gasteiger partial charge in [0.2, 0.25) is 0 Å². The minimum absolute atomic E-state index is 0. The van der Waals surface area contributed by atoms with Gasteiger partial charge in [-0.05, 0) is 18.5 Å². The molecular formula is C3H12O15Y2. The van der Waals surface area contributed by atoms with Crippen molar-refractivity contribution in [1.29, 1.82) is 0 Å². The molecule has 0 aromatic heterocycles. The Kier molecular flexibility index (Phi) is 349. The zero-order chi connectivity index (χ0) is 10.7. The minimum Gasteiger partial charge on any atom is -0.652 e. The molecule has 0 bridgehead atoms. The number of hydrogen-bond donors (Lipinski definition) is 0. The van der Waals surface area contributed by atoms with Crippen LogP contribution in [0.2, 0.25) is 0 Å². The Balaban J connectivity index is -0.00000000562. The summed E-state index contributed by atoms with van der Waals surface area (Å²) in [5.41, 5.74) is 0. The molecule has 0 aromatic carbocycles. The smallest absolute Gasteiger partial charge is 0.652 e. The Bertz CT molecular complexity index is 119. The second kappa shape index (κ2) is 77.0. The first-order chi connectivity index (χ1) is 5.20. The monoisotopic (exact) mass is 466 g/mol. The van der Waals surface area contributed by atoms with Crippen molar-refractivity contribution in [3.05, 3.63) is 0 Å². The fourth-order valence-electron chi connectivity index (χ4n) is 0. The maximum atomic E-state index is 8.33. The normalized spacial score (nSPS) is 3.60. The second-order valence-electron chi connectivity index (χ2n) is 0.750. The third-order valence-electron chi connectivity index (χ3n) is 0. The van der Waals surface area contributed by atoms with Gasteiger partial charge in [0.15, 0.2) is 0 Å². The van der Waals surface area contributed by atoms with Gasteiger partial charge in [0.25, 0.3) is 0 Å². The molecule has 0 spiro atoms. The summed E-state index contributed by atoms with van der Waals surface area (Å²) in [4.78, 5) is 25.0. The van der Waals surface area contributed by atoms with E-state index in [1.54, 1.807) is 0 Å². The zero-order valence-corrected chi connectivity index (χ0v) is 15.0. The van der Waals surface area contributed by atoms with E-state index in [-0.39, 0.29) is 98.3 Å². The topological polar surface area (TPSA) is 379 Å². The van der Waals surface area contributed by atoms with Crippen LogP contribution in [-0.2, 0) is 65.4 Å². The number of carboxylic acid groups (broad SMARTS) is 6. The molecule has 0 radical (unpaired) electrons. The summed E-state index contributed by atoms with van der Waals surface area (Å²) in [7, 11) is 0. The van der Waals surface area contributed by atoms with Crippen LogP contribution in [0.1, 0.15) is 0 Å². The van der Waals surface area contributed by atoms with Crippen molar-refractivity contribution in [1.82, 2.24) is 0 Å². The van der Waals surface area contributed by atoms with Crippen LogP contribution >= 0.6 is 0 Å². The number of hydrogen-bond acceptors (Lipinski definition) is 9. The van der Waals surface area contributed by atoms with E-state index >= 15 is 0 Å². The fourth-order valence-corrected chi connectivity index (χ4v) is 0. The number of rotatable bonds is 0. The summed E-state index contributed by atoms with van der Waals surface area (Å²) in [6.07, 6.45) is -7.00. The van der Waals surface area contributed by atoms with Gasteiger partial charge in [0, 0.05) is 0 Å². The quantitative estimate of drug-likeness (QED) is 0.326. The summed E-state index contributed by atoms with van der Waals surface area (Å²) in [5.74, 6) is 0. The second-order valence-corrected chi connectivity index (χ2v) is 0.750. The van der Waals surface area contributed by atoms with Gasteiger partial charge in [0.05, 0.1) is 0 Å². The van der Waals surface area contributed by atoms with Crippen molar-refractivity contribution in [2.75, 3.05) is 0 Å². The molecule has 0 aliphatic heterocycles. The molecule has 0 aliphatic carbocycles. The largest absolute Gasteiger partial charge is 3.00 e. The Morgan fingerprint density at radius 2 is 0.400 bits per heavy atom. The third kappa shape index (κ3) is 101000. The molecular weight excluding hydrogens is 454 g/mol. The van der Waals surface area contributed by atoms with Crippen molar-refractivity contribution < 1.29 is 143 Å². The van der Waals surface area contributed by atoms with Crippen molar-refractivity contribution in [3.8, 4) is 0 Å². The average Bonchev–Trinajstić information content (AvgIpc) is 1.54. The predicted molar refractivity (Wildman–Crippen MR) is 37.9 cm³/mol. The molecule has 0 saturated heterocycles. The molecule has 12 N–H and O–H groups in total. The van der Waals surface area contributed by atoms with Crippen LogP contribution < -0.4 is 30.6 Å². The molecule has 0 rings (SSSR count). The molecule has 0 saturated carbocycles. The molecule has 0 atom stereocenters. The van der Waals surface area contributed by atoms with Crippen LogP contribution in [0, 0.1) is 0 Å². The summed E-state index contributed by atoms with van der Waals surface area (Å²) < 4.78 is 0. The maximum Gasteiger partial charge on any atom is 3.00 e. The van der Waals surface area contributed by atoms with E-state index in [9.17, 15) is 0 Å². The van der Waals surface area contributed by atoms with Gasteiger partial charge in [-0.15, -0.1) is 0 Å². The standard InChI is InChI=1S/3CH2O3.6H2O.2Y/c3*2-1(3)4;;;;;;;;/h3*(H2,2,3,4);6*1H2;;/q;;;;;;;;;2*+3/p-6. The van der Waals surface area contributed by atoms with E-state index in [1.165, 1.54) is 0 Å².